The van der Waals surface area contributed by atoms with Crippen molar-refractivity contribution in [3.8, 4) is 17.2 Å². The number of ether oxygens (including phenoxy) is 3. The average molecular weight is 496 g/mol. The van der Waals surface area contributed by atoms with Gasteiger partial charge in [-0.25, -0.2) is 5.43 Å². The molecule has 3 aromatic carbocycles. The van der Waals surface area contributed by atoms with Crippen LogP contribution in [0.25, 0.3) is 0 Å². The Morgan fingerprint density at radius 2 is 1.71 bits per heavy atom. The summed E-state index contributed by atoms with van der Waals surface area (Å²) < 4.78 is 16.6. The zero-order valence-corrected chi connectivity index (χ0v) is 20.2. The van der Waals surface area contributed by atoms with Gasteiger partial charge in [0.25, 0.3) is 11.8 Å². The van der Waals surface area contributed by atoms with E-state index in [0.717, 1.165) is 5.56 Å². The fourth-order valence-corrected chi connectivity index (χ4v) is 3.10. The van der Waals surface area contributed by atoms with Crippen LogP contribution in [0.15, 0.2) is 71.8 Å². The van der Waals surface area contributed by atoms with Crippen LogP contribution in [0.5, 0.6) is 17.2 Å². The van der Waals surface area contributed by atoms with Crippen LogP contribution in [0.1, 0.15) is 28.4 Å². The third-order valence-electron chi connectivity index (χ3n) is 4.74. The number of rotatable bonds is 11. The number of nitrogens with one attached hydrogen (secondary N) is 2. The Balaban J connectivity index is 1.47. The van der Waals surface area contributed by atoms with Crippen LogP contribution in [-0.4, -0.2) is 38.3 Å². The minimum atomic E-state index is -0.463. The SMILES string of the molecule is CCOc1ccc(C(=O)NCC(=O)N/N=C\c2ccc(OCc3ccc(Cl)cc3)c(OC)c2)cc1. The largest absolute Gasteiger partial charge is 0.494 e. The zero-order valence-electron chi connectivity index (χ0n) is 19.4. The molecule has 2 N–H and O–H groups in total. The van der Waals surface area contributed by atoms with Crippen molar-refractivity contribution in [2.75, 3.05) is 20.3 Å². The van der Waals surface area contributed by atoms with Gasteiger partial charge in [-0.1, -0.05) is 23.7 Å². The maximum absolute atomic E-state index is 12.2. The average Bonchev–Trinajstić information content (AvgIpc) is 2.88. The van der Waals surface area contributed by atoms with E-state index >= 15 is 0 Å². The quantitative estimate of drug-likeness (QED) is 0.307. The van der Waals surface area contributed by atoms with E-state index in [2.05, 4.69) is 15.8 Å². The normalized spacial score (nSPS) is 10.6. The van der Waals surface area contributed by atoms with Crippen LogP contribution in [-0.2, 0) is 11.4 Å². The summed E-state index contributed by atoms with van der Waals surface area (Å²) in [7, 11) is 1.54. The summed E-state index contributed by atoms with van der Waals surface area (Å²) >= 11 is 5.90. The van der Waals surface area contributed by atoms with Gasteiger partial charge in [-0.15, -0.1) is 0 Å². The van der Waals surface area contributed by atoms with Gasteiger partial charge in [0.2, 0.25) is 0 Å². The minimum absolute atomic E-state index is 0.218. The Kier molecular flexibility index (Phi) is 9.50. The number of halogens is 1. The highest BCUT2D eigenvalue weighted by atomic mass is 35.5. The van der Waals surface area contributed by atoms with Crippen molar-refractivity contribution in [3.05, 3.63) is 88.4 Å². The summed E-state index contributed by atoms with van der Waals surface area (Å²) in [5, 5.41) is 7.14. The molecule has 182 valence electrons. The zero-order chi connectivity index (χ0) is 25.0. The third kappa shape index (κ3) is 8.04. The van der Waals surface area contributed by atoms with Crippen molar-refractivity contribution >= 4 is 29.6 Å². The van der Waals surface area contributed by atoms with Crippen LogP contribution < -0.4 is 25.0 Å². The highest BCUT2D eigenvalue weighted by Gasteiger charge is 2.09. The second-order valence-corrected chi connectivity index (χ2v) is 7.70. The molecule has 2 amide bonds. The van der Waals surface area contributed by atoms with Crippen LogP contribution in [0, 0.1) is 0 Å². The van der Waals surface area contributed by atoms with Crippen LogP contribution in [0.3, 0.4) is 0 Å². The summed E-state index contributed by atoms with van der Waals surface area (Å²) in [4.78, 5) is 24.2. The molecule has 0 aliphatic heterocycles. The summed E-state index contributed by atoms with van der Waals surface area (Å²) in [5.41, 5.74) is 4.47. The second-order valence-electron chi connectivity index (χ2n) is 7.26. The first-order chi connectivity index (χ1) is 17.0. The Morgan fingerprint density at radius 1 is 0.971 bits per heavy atom. The molecule has 3 aromatic rings. The van der Waals surface area contributed by atoms with Gasteiger partial charge in [0, 0.05) is 10.6 Å². The van der Waals surface area contributed by atoms with E-state index in [4.69, 9.17) is 25.8 Å². The molecule has 9 heteroatoms. The van der Waals surface area contributed by atoms with Crippen LogP contribution in [0.4, 0.5) is 0 Å². The predicted molar refractivity (Wildman–Crippen MR) is 134 cm³/mol. The lowest BCUT2D eigenvalue weighted by atomic mass is 10.2. The molecule has 0 atom stereocenters. The molecule has 35 heavy (non-hydrogen) atoms. The molecule has 3 rings (SSSR count). The Hall–Kier alpha value is -4.04. The van der Waals surface area contributed by atoms with Crippen LogP contribution in [0.2, 0.25) is 5.02 Å². The number of amides is 2. The summed E-state index contributed by atoms with van der Waals surface area (Å²) in [6.45, 7) is 2.57. The number of nitrogens with zero attached hydrogens (tertiary/aromatic N) is 1. The van der Waals surface area contributed by atoms with E-state index in [0.29, 0.717) is 46.6 Å². The first kappa shape index (κ1) is 25.6. The predicted octanol–water partition coefficient (Wildman–Crippen LogP) is 4.21. The fraction of sp³-hybridized carbons (Fsp3) is 0.192. The summed E-state index contributed by atoms with van der Waals surface area (Å²) in [6.07, 6.45) is 1.47. The molecule has 0 heterocycles. The number of hydrogen-bond acceptors (Lipinski definition) is 6. The molecular weight excluding hydrogens is 470 g/mol. The molecule has 0 fully saturated rings. The van der Waals surface area contributed by atoms with Gasteiger partial charge in [0.1, 0.15) is 12.4 Å². The van der Waals surface area contributed by atoms with Gasteiger partial charge in [-0.2, -0.15) is 5.10 Å². The van der Waals surface area contributed by atoms with E-state index in [1.807, 2.05) is 19.1 Å². The third-order valence-corrected chi connectivity index (χ3v) is 4.99. The van der Waals surface area contributed by atoms with E-state index in [-0.39, 0.29) is 12.5 Å². The molecule has 0 aliphatic carbocycles. The highest BCUT2D eigenvalue weighted by molar-refractivity contribution is 6.30. The maximum atomic E-state index is 12.2. The van der Waals surface area contributed by atoms with Crippen molar-refractivity contribution in [1.82, 2.24) is 10.7 Å². The molecule has 0 spiro atoms. The van der Waals surface area contributed by atoms with E-state index in [1.54, 1.807) is 61.7 Å². The fourth-order valence-electron chi connectivity index (χ4n) is 2.98. The molecular formula is C26H26ClN3O5. The number of carbonyl (C=O) groups excluding carboxylic acids is 2. The van der Waals surface area contributed by atoms with Gasteiger partial charge in [0.05, 0.1) is 26.5 Å². The van der Waals surface area contributed by atoms with Gasteiger partial charge >= 0.3 is 0 Å². The lowest BCUT2D eigenvalue weighted by Crippen LogP contribution is -2.34. The molecule has 0 saturated carbocycles. The van der Waals surface area contributed by atoms with Gasteiger partial charge < -0.3 is 19.5 Å². The van der Waals surface area contributed by atoms with Crippen molar-refractivity contribution in [3.63, 3.8) is 0 Å². The highest BCUT2D eigenvalue weighted by Crippen LogP contribution is 2.28. The first-order valence-electron chi connectivity index (χ1n) is 10.9. The van der Waals surface area contributed by atoms with Crippen molar-refractivity contribution in [1.29, 1.82) is 0 Å². The Morgan fingerprint density at radius 3 is 2.40 bits per heavy atom. The van der Waals surface area contributed by atoms with E-state index < -0.39 is 5.91 Å². The lowest BCUT2D eigenvalue weighted by Gasteiger charge is -2.11. The first-order valence-corrected chi connectivity index (χ1v) is 11.2. The maximum Gasteiger partial charge on any atom is 0.259 e. The lowest BCUT2D eigenvalue weighted by molar-refractivity contribution is -0.120. The Bertz CT molecular complexity index is 1160. The van der Waals surface area contributed by atoms with E-state index in [1.165, 1.54) is 6.21 Å². The number of hydrogen-bond donors (Lipinski definition) is 2. The molecule has 0 radical (unpaired) electrons. The number of benzene rings is 3. The van der Waals surface area contributed by atoms with Crippen LogP contribution >= 0.6 is 11.6 Å². The standard InChI is InChI=1S/C26H26ClN3O5/c1-3-34-22-11-7-20(8-12-22)26(32)28-16-25(31)30-29-15-19-6-13-23(24(14-19)33-2)35-17-18-4-9-21(27)10-5-18/h4-15H,3,16-17H2,1-2H3,(H,28,32)(H,30,31)/b29-15-. The van der Waals surface area contributed by atoms with E-state index in [9.17, 15) is 9.59 Å². The molecule has 0 bridgehead atoms. The van der Waals surface area contributed by atoms with Crippen molar-refractivity contribution in [2.24, 2.45) is 5.10 Å². The monoisotopic (exact) mass is 495 g/mol. The van der Waals surface area contributed by atoms with Crippen molar-refractivity contribution in [2.45, 2.75) is 13.5 Å². The van der Waals surface area contributed by atoms with Crippen molar-refractivity contribution < 1.29 is 23.8 Å². The number of carbonyl (C=O) groups is 2. The molecule has 8 nitrogen and oxygen atoms in total. The minimum Gasteiger partial charge on any atom is -0.494 e. The van der Waals surface area contributed by atoms with Gasteiger partial charge in [0.15, 0.2) is 11.5 Å². The number of hydrazone groups is 1. The molecule has 0 aliphatic rings. The smallest absolute Gasteiger partial charge is 0.259 e. The second kappa shape index (κ2) is 13.0. The Labute approximate surface area is 208 Å². The number of methoxy groups -OCH3 is 1. The molecule has 0 unspecified atom stereocenters. The summed E-state index contributed by atoms with van der Waals surface area (Å²) in [6, 6.07) is 19.3. The van der Waals surface area contributed by atoms with Gasteiger partial charge in [-0.3, -0.25) is 9.59 Å². The summed E-state index contributed by atoms with van der Waals surface area (Å²) in [5.74, 6) is 0.938. The topological polar surface area (TPSA) is 98.2 Å². The molecule has 0 aromatic heterocycles. The molecule has 0 saturated heterocycles. The van der Waals surface area contributed by atoms with Gasteiger partial charge in [-0.05, 0) is 72.6 Å².